The third-order valence-corrected chi connectivity index (χ3v) is 4.03. The number of nitrogens with one attached hydrogen (secondary N) is 1. The summed E-state index contributed by atoms with van der Waals surface area (Å²) in [6, 6.07) is 14.4. The first-order valence-corrected chi connectivity index (χ1v) is 8.44. The van der Waals surface area contributed by atoms with Crippen LogP contribution in [0.4, 0.5) is 5.69 Å². The molecule has 1 amide bonds. The molecule has 2 aromatic rings. The molecule has 3 N–H and O–H groups in total. The summed E-state index contributed by atoms with van der Waals surface area (Å²) in [4.78, 5) is 12.6. The van der Waals surface area contributed by atoms with Crippen LogP contribution in [0.2, 0.25) is 5.02 Å². The van der Waals surface area contributed by atoms with Gasteiger partial charge >= 0.3 is 0 Å². The molecule has 2 unspecified atom stereocenters. The second-order valence-corrected chi connectivity index (χ2v) is 6.14. The summed E-state index contributed by atoms with van der Waals surface area (Å²) in [7, 11) is 0. The van der Waals surface area contributed by atoms with E-state index in [2.05, 4.69) is 5.32 Å². The number of ether oxygens (including phenoxy) is 1. The molecule has 0 spiro atoms. The van der Waals surface area contributed by atoms with Crippen molar-refractivity contribution in [3.05, 3.63) is 59.1 Å². The zero-order valence-electron chi connectivity index (χ0n) is 14.0. The molecule has 0 aromatic heterocycles. The Morgan fingerprint density at radius 1 is 1.25 bits per heavy atom. The Morgan fingerprint density at radius 2 is 1.96 bits per heavy atom. The molecule has 0 aliphatic heterocycles. The fourth-order valence-electron chi connectivity index (χ4n) is 2.31. The lowest BCUT2D eigenvalue weighted by molar-refractivity contribution is -0.120. The molecule has 128 valence electrons. The van der Waals surface area contributed by atoms with E-state index < -0.39 is 5.92 Å². The predicted molar refractivity (Wildman–Crippen MR) is 98.4 cm³/mol. The van der Waals surface area contributed by atoms with Gasteiger partial charge in [0.2, 0.25) is 5.91 Å². The lowest BCUT2D eigenvalue weighted by Crippen LogP contribution is -2.30. The number of rotatable bonds is 7. The van der Waals surface area contributed by atoms with E-state index in [0.717, 1.165) is 12.0 Å². The molecule has 0 radical (unpaired) electrons. The van der Waals surface area contributed by atoms with Gasteiger partial charge in [-0.15, -0.1) is 0 Å². The van der Waals surface area contributed by atoms with Crippen molar-refractivity contribution in [2.24, 2.45) is 11.7 Å². The Bertz CT molecular complexity index is 676. The van der Waals surface area contributed by atoms with Gasteiger partial charge in [0, 0.05) is 11.1 Å². The highest BCUT2D eigenvalue weighted by atomic mass is 35.5. The van der Waals surface area contributed by atoms with Crippen molar-refractivity contribution in [2.45, 2.75) is 26.3 Å². The van der Waals surface area contributed by atoms with Crippen molar-refractivity contribution in [3.8, 4) is 5.75 Å². The van der Waals surface area contributed by atoms with Gasteiger partial charge in [0.25, 0.3) is 0 Å². The molecule has 5 heteroatoms. The van der Waals surface area contributed by atoms with Gasteiger partial charge in [-0.2, -0.15) is 0 Å². The van der Waals surface area contributed by atoms with Gasteiger partial charge in [-0.25, -0.2) is 0 Å². The molecule has 0 bridgehead atoms. The standard InChI is InChI=1S/C19H23ClN2O2/c1-3-11-24-17-10-9-15(20)12-16(17)22-19(23)13(2)18(21)14-7-5-4-6-8-14/h4-10,12-13,18H,3,11,21H2,1-2H3,(H,22,23). The lowest BCUT2D eigenvalue weighted by Gasteiger charge is -2.21. The van der Waals surface area contributed by atoms with Crippen molar-refractivity contribution in [1.29, 1.82) is 0 Å². The van der Waals surface area contributed by atoms with Crippen LogP contribution >= 0.6 is 11.6 Å². The van der Waals surface area contributed by atoms with Gasteiger partial charge < -0.3 is 15.8 Å². The van der Waals surface area contributed by atoms with Gasteiger partial charge in [-0.3, -0.25) is 4.79 Å². The Labute approximate surface area is 148 Å². The summed E-state index contributed by atoms with van der Waals surface area (Å²) in [5, 5.41) is 3.42. The quantitative estimate of drug-likeness (QED) is 0.780. The Kier molecular flexibility index (Phi) is 6.64. The number of amides is 1. The molecule has 24 heavy (non-hydrogen) atoms. The normalized spacial score (nSPS) is 13.2. The van der Waals surface area contributed by atoms with Crippen LogP contribution in [0.15, 0.2) is 48.5 Å². The Balaban J connectivity index is 2.12. The van der Waals surface area contributed by atoms with Crippen molar-refractivity contribution in [1.82, 2.24) is 0 Å². The first-order valence-electron chi connectivity index (χ1n) is 8.06. The van der Waals surface area contributed by atoms with Crippen LogP contribution in [0.1, 0.15) is 31.9 Å². The van der Waals surface area contributed by atoms with Crippen LogP contribution < -0.4 is 15.8 Å². The van der Waals surface area contributed by atoms with Crippen molar-refractivity contribution in [3.63, 3.8) is 0 Å². The van der Waals surface area contributed by atoms with Gasteiger partial charge in [0.1, 0.15) is 5.75 Å². The van der Waals surface area contributed by atoms with Crippen molar-refractivity contribution < 1.29 is 9.53 Å². The van der Waals surface area contributed by atoms with E-state index in [9.17, 15) is 4.79 Å². The summed E-state index contributed by atoms with van der Waals surface area (Å²) in [5.74, 6) is 0.0375. The first kappa shape index (κ1) is 18.3. The van der Waals surface area contributed by atoms with Crippen LogP contribution in [0.25, 0.3) is 0 Å². The smallest absolute Gasteiger partial charge is 0.229 e. The summed E-state index contributed by atoms with van der Waals surface area (Å²) < 4.78 is 5.66. The minimum Gasteiger partial charge on any atom is -0.491 e. The molecule has 0 saturated heterocycles. The monoisotopic (exact) mass is 346 g/mol. The fourth-order valence-corrected chi connectivity index (χ4v) is 2.48. The maximum atomic E-state index is 12.6. The highest BCUT2D eigenvalue weighted by Crippen LogP contribution is 2.29. The number of benzene rings is 2. The highest BCUT2D eigenvalue weighted by molar-refractivity contribution is 6.31. The van der Waals surface area contributed by atoms with E-state index in [-0.39, 0.29) is 11.9 Å². The highest BCUT2D eigenvalue weighted by Gasteiger charge is 2.23. The van der Waals surface area contributed by atoms with E-state index in [1.807, 2.05) is 44.2 Å². The molecule has 0 aliphatic carbocycles. The summed E-state index contributed by atoms with van der Waals surface area (Å²) in [6.45, 7) is 4.41. The summed E-state index contributed by atoms with van der Waals surface area (Å²) in [6.07, 6.45) is 0.880. The second-order valence-electron chi connectivity index (χ2n) is 5.70. The van der Waals surface area contributed by atoms with Crippen LogP contribution in [0.5, 0.6) is 5.75 Å². The van der Waals surface area contributed by atoms with Crippen molar-refractivity contribution >= 4 is 23.2 Å². The summed E-state index contributed by atoms with van der Waals surface area (Å²) >= 11 is 6.04. The molecular weight excluding hydrogens is 324 g/mol. The van der Waals surface area contributed by atoms with E-state index in [0.29, 0.717) is 23.1 Å². The van der Waals surface area contributed by atoms with Crippen LogP contribution in [-0.4, -0.2) is 12.5 Å². The molecule has 0 saturated carbocycles. The number of anilines is 1. The third kappa shape index (κ3) is 4.73. The molecule has 0 fully saturated rings. The van der Waals surface area contributed by atoms with Gasteiger partial charge in [-0.05, 0) is 30.2 Å². The topological polar surface area (TPSA) is 64.3 Å². The number of nitrogens with two attached hydrogens (primary N) is 1. The maximum Gasteiger partial charge on any atom is 0.229 e. The molecule has 2 atom stereocenters. The average molecular weight is 347 g/mol. The van der Waals surface area contributed by atoms with Crippen LogP contribution in [0.3, 0.4) is 0 Å². The zero-order valence-corrected chi connectivity index (χ0v) is 14.7. The molecular formula is C19H23ClN2O2. The number of carbonyl (C=O) groups is 1. The fraction of sp³-hybridized carbons (Fsp3) is 0.316. The zero-order chi connectivity index (χ0) is 17.5. The molecule has 2 rings (SSSR count). The minimum absolute atomic E-state index is 0.171. The van der Waals surface area contributed by atoms with Crippen LogP contribution in [-0.2, 0) is 4.79 Å². The third-order valence-electron chi connectivity index (χ3n) is 3.80. The van der Waals surface area contributed by atoms with E-state index in [4.69, 9.17) is 22.1 Å². The Morgan fingerprint density at radius 3 is 2.62 bits per heavy atom. The molecule has 2 aromatic carbocycles. The molecule has 4 nitrogen and oxygen atoms in total. The number of hydrogen-bond acceptors (Lipinski definition) is 3. The maximum absolute atomic E-state index is 12.6. The second kappa shape index (κ2) is 8.71. The summed E-state index contributed by atoms with van der Waals surface area (Å²) in [5.41, 5.74) is 7.71. The molecule has 0 aliphatic rings. The van der Waals surface area contributed by atoms with E-state index in [1.165, 1.54) is 0 Å². The molecule has 0 heterocycles. The van der Waals surface area contributed by atoms with Crippen molar-refractivity contribution in [2.75, 3.05) is 11.9 Å². The SMILES string of the molecule is CCCOc1ccc(Cl)cc1NC(=O)C(C)C(N)c1ccccc1. The van der Waals surface area contributed by atoms with Crippen LogP contribution in [0, 0.1) is 5.92 Å². The number of halogens is 1. The predicted octanol–water partition coefficient (Wildman–Crippen LogP) is 4.40. The largest absolute Gasteiger partial charge is 0.491 e. The number of carbonyl (C=O) groups excluding carboxylic acids is 1. The lowest BCUT2D eigenvalue weighted by atomic mass is 9.94. The van der Waals surface area contributed by atoms with Gasteiger partial charge in [0.15, 0.2) is 0 Å². The van der Waals surface area contributed by atoms with Gasteiger partial charge in [-0.1, -0.05) is 55.8 Å². The Hall–Kier alpha value is -2.04. The van der Waals surface area contributed by atoms with Gasteiger partial charge in [0.05, 0.1) is 18.2 Å². The van der Waals surface area contributed by atoms with E-state index in [1.54, 1.807) is 18.2 Å². The van der Waals surface area contributed by atoms with E-state index >= 15 is 0 Å². The first-order chi connectivity index (χ1) is 11.5. The minimum atomic E-state index is -0.398. The number of hydrogen-bond donors (Lipinski definition) is 2. The average Bonchev–Trinajstić information content (AvgIpc) is 2.60.